The van der Waals surface area contributed by atoms with E-state index in [9.17, 15) is 9.90 Å². The largest absolute Gasteiger partial charge is 0.478 e. The molecule has 0 atom stereocenters. The molecule has 5 nitrogen and oxygen atoms in total. The summed E-state index contributed by atoms with van der Waals surface area (Å²) in [5, 5.41) is 14.0. The Balaban J connectivity index is 1.80. The van der Waals surface area contributed by atoms with Gasteiger partial charge in [-0.05, 0) is 35.2 Å². The van der Waals surface area contributed by atoms with Crippen molar-refractivity contribution in [2.45, 2.75) is 65.3 Å². The van der Waals surface area contributed by atoms with Crippen LogP contribution in [0.2, 0.25) is 0 Å². The number of hydrogen-bond donors (Lipinski definition) is 1. The molecule has 30 heavy (non-hydrogen) atoms. The van der Waals surface area contributed by atoms with Crippen molar-refractivity contribution in [2.75, 3.05) is 0 Å². The standard InChI is InChI=1S/C25H31N3O2/c1-24(2,3)22-26-23(25(4,5)6)28(27-22)16-18-12-10-17(11-13-18)14-19-8-7-9-20(15-19)21(29)30/h7-13,15H,14,16H2,1-6H3,(H,29,30). The summed E-state index contributed by atoms with van der Waals surface area (Å²) in [6.45, 7) is 13.6. The first-order chi connectivity index (χ1) is 13.9. The minimum Gasteiger partial charge on any atom is -0.478 e. The monoisotopic (exact) mass is 405 g/mol. The molecule has 0 radical (unpaired) electrons. The second-order valence-corrected chi connectivity index (χ2v) is 9.92. The molecule has 1 N–H and O–H groups in total. The summed E-state index contributed by atoms with van der Waals surface area (Å²) in [7, 11) is 0. The summed E-state index contributed by atoms with van der Waals surface area (Å²) in [4.78, 5) is 16.0. The van der Waals surface area contributed by atoms with Crippen molar-refractivity contribution in [1.82, 2.24) is 14.8 Å². The average Bonchev–Trinajstić information content (AvgIpc) is 3.08. The van der Waals surface area contributed by atoms with E-state index in [2.05, 4.69) is 65.8 Å². The molecule has 2 aromatic carbocycles. The molecule has 5 heteroatoms. The maximum absolute atomic E-state index is 11.2. The second kappa shape index (κ2) is 8.05. The van der Waals surface area contributed by atoms with E-state index < -0.39 is 5.97 Å². The molecule has 158 valence electrons. The van der Waals surface area contributed by atoms with E-state index in [1.807, 2.05) is 10.7 Å². The van der Waals surface area contributed by atoms with Crippen LogP contribution in [0.25, 0.3) is 0 Å². The highest BCUT2D eigenvalue weighted by Crippen LogP contribution is 2.26. The van der Waals surface area contributed by atoms with Gasteiger partial charge in [0.15, 0.2) is 5.82 Å². The molecule has 3 aromatic rings. The van der Waals surface area contributed by atoms with E-state index in [-0.39, 0.29) is 10.8 Å². The lowest BCUT2D eigenvalue weighted by molar-refractivity contribution is 0.0696. The van der Waals surface area contributed by atoms with Crippen LogP contribution in [0.5, 0.6) is 0 Å². The Morgan fingerprint density at radius 3 is 2.10 bits per heavy atom. The third-order valence-electron chi connectivity index (χ3n) is 4.95. The fraction of sp³-hybridized carbons (Fsp3) is 0.400. The first-order valence-electron chi connectivity index (χ1n) is 10.3. The summed E-state index contributed by atoms with van der Waals surface area (Å²) < 4.78 is 2.02. The maximum atomic E-state index is 11.2. The van der Waals surface area contributed by atoms with Gasteiger partial charge in [-0.2, -0.15) is 5.10 Å². The van der Waals surface area contributed by atoms with Crippen LogP contribution >= 0.6 is 0 Å². The van der Waals surface area contributed by atoms with Crippen molar-refractivity contribution >= 4 is 5.97 Å². The second-order valence-electron chi connectivity index (χ2n) is 9.92. The first-order valence-corrected chi connectivity index (χ1v) is 10.3. The number of aromatic carboxylic acids is 1. The minimum absolute atomic E-state index is 0.0917. The third kappa shape index (κ3) is 5.15. The Hall–Kier alpha value is -2.95. The SMILES string of the molecule is CC(C)(C)c1nc(C(C)(C)C)n(Cc2ccc(Cc3cccc(C(=O)O)c3)cc2)n1. The molecule has 0 aliphatic heterocycles. The Morgan fingerprint density at radius 2 is 1.53 bits per heavy atom. The number of hydrogen-bond acceptors (Lipinski definition) is 3. The van der Waals surface area contributed by atoms with Gasteiger partial charge in [-0.1, -0.05) is 77.9 Å². The Kier molecular flexibility index (Phi) is 5.84. The normalized spacial score (nSPS) is 12.2. The van der Waals surface area contributed by atoms with Crippen LogP contribution in [0.3, 0.4) is 0 Å². The van der Waals surface area contributed by atoms with Crippen molar-refractivity contribution < 1.29 is 9.90 Å². The minimum atomic E-state index is -0.899. The molecule has 0 aliphatic carbocycles. The number of rotatable bonds is 5. The van der Waals surface area contributed by atoms with Crippen LogP contribution in [0.4, 0.5) is 0 Å². The molecule has 0 bridgehead atoms. The quantitative estimate of drug-likeness (QED) is 0.633. The van der Waals surface area contributed by atoms with Gasteiger partial charge in [-0.25, -0.2) is 14.5 Å². The lowest BCUT2D eigenvalue weighted by Gasteiger charge is -2.18. The van der Waals surface area contributed by atoms with Gasteiger partial charge in [0.2, 0.25) is 0 Å². The first kappa shape index (κ1) is 21.8. The summed E-state index contributed by atoms with van der Waals surface area (Å²) in [5.74, 6) is 0.952. The Bertz CT molecular complexity index is 1040. The fourth-order valence-electron chi connectivity index (χ4n) is 3.31. The molecule has 0 saturated carbocycles. The van der Waals surface area contributed by atoms with Crippen LogP contribution < -0.4 is 0 Å². The Labute approximate surface area is 178 Å². The number of nitrogens with zero attached hydrogens (tertiary/aromatic N) is 3. The summed E-state index contributed by atoms with van der Waals surface area (Å²) in [6.07, 6.45) is 0.701. The van der Waals surface area contributed by atoms with Crippen LogP contribution in [0.15, 0.2) is 48.5 Å². The van der Waals surface area contributed by atoms with Crippen molar-refractivity contribution in [3.63, 3.8) is 0 Å². The smallest absolute Gasteiger partial charge is 0.335 e. The third-order valence-corrected chi connectivity index (χ3v) is 4.95. The van der Waals surface area contributed by atoms with Gasteiger partial charge in [-0.3, -0.25) is 0 Å². The lowest BCUT2D eigenvalue weighted by atomic mass is 9.94. The van der Waals surface area contributed by atoms with E-state index in [4.69, 9.17) is 10.1 Å². The van der Waals surface area contributed by atoms with Gasteiger partial charge in [0.05, 0.1) is 12.1 Å². The highest BCUT2D eigenvalue weighted by Gasteiger charge is 2.27. The van der Waals surface area contributed by atoms with Gasteiger partial charge < -0.3 is 5.11 Å². The molecule has 0 saturated heterocycles. The molecule has 3 rings (SSSR count). The zero-order valence-electron chi connectivity index (χ0n) is 18.7. The lowest BCUT2D eigenvalue weighted by Crippen LogP contribution is -2.20. The van der Waals surface area contributed by atoms with E-state index in [1.165, 1.54) is 0 Å². The molecule has 0 unspecified atom stereocenters. The van der Waals surface area contributed by atoms with Crippen molar-refractivity contribution in [1.29, 1.82) is 0 Å². The van der Waals surface area contributed by atoms with Gasteiger partial charge >= 0.3 is 5.97 Å². The number of aromatic nitrogens is 3. The molecule has 0 fully saturated rings. The molecule has 0 amide bonds. The highest BCUT2D eigenvalue weighted by atomic mass is 16.4. The van der Waals surface area contributed by atoms with Gasteiger partial charge in [0.25, 0.3) is 0 Å². The Morgan fingerprint density at radius 1 is 0.900 bits per heavy atom. The highest BCUT2D eigenvalue weighted by molar-refractivity contribution is 5.87. The van der Waals surface area contributed by atoms with E-state index in [0.29, 0.717) is 18.5 Å². The molecular formula is C25H31N3O2. The predicted molar refractivity (Wildman–Crippen MR) is 119 cm³/mol. The number of carboxylic acid groups (broad SMARTS) is 1. The van der Waals surface area contributed by atoms with Crippen LogP contribution in [0, 0.1) is 0 Å². The predicted octanol–water partition coefficient (Wildman–Crippen LogP) is 5.21. The maximum Gasteiger partial charge on any atom is 0.335 e. The topological polar surface area (TPSA) is 68.0 Å². The zero-order valence-corrected chi connectivity index (χ0v) is 18.7. The van der Waals surface area contributed by atoms with Crippen LogP contribution in [0.1, 0.15) is 80.2 Å². The zero-order chi connectivity index (χ0) is 22.1. The average molecular weight is 406 g/mol. The fourth-order valence-corrected chi connectivity index (χ4v) is 3.31. The van der Waals surface area contributed by atoms with Crippen LogP contribution in [-0.2, 0) is 23.8 Å². The number of carboxylic acids is 1. The van der Waals surface area contributed by atoms with E-state index >= 15 is 0 Å². The van der Waals surface area contributed by atoms with Crippen molar-refractivity contribution in [2.24, 2.45) is 0 Å². The van der Waals surface area contributed by atoms with Crippen molar-refractivity contribution in [3.05, 3.63) is 82.4 Å². The number of carbonyl (C=O) groups is 1. The number of benzene rings is 2. The van der Waals surface area contributed by atoms with Crippen molar-refractivity contribution in [3.8, 4) is 0 Å². The summed E-state index contributed by atoms with van der Waals surface area (Å²) >= 11 is 0. The molecular weight excluding hydrogens is 374 g/mol. The molecule has 1 heterocycles. The van der Waals surface area contributed by atoms with Crippen LogP contribution in [-0.4, -0.2) is 25.8 Å². The molecule has 0 aliphatic rings. The van der Waals surface area contributed by atoms with Gasteiger partial charge in [0, 0.05) is 10.8 Å². The summed E-state index contributed by atoms with van der Waals surface area (Å²) in [6, 6.07) is 15.5. The van der Waals surface area contributed by atoms with Gasteiger partial charge in [0.1, 0.15) is 5.82 Å². The molecule has 0 spiro atoms. The van der Waals surface area contributed by atoms with E-state index in [1.54, 1.807) is 18.2 Å². The van der Waals surface area contributed by atoms with Gasteiger partial charge in [-0.15, -0.1) is 0 Å². The molecule has 1 aromatic heterocycles. The van der Waals surface area contributed by atoms with E-state index in [0.717, 1.165) is 28.3 Å². The summed E-state index contributed by atoms with van der Waals surface area (Å²) in [5.41, 5.74) is 3.43.